The van der Waals surface area contributed by atoms with Gasteiger partial charge in [0.25, 0.3) is 0 Å². The lowest BCUT2D eigenvalue weighted by atomic mass is 9.33. The quantitative estimate of drug-likeness (QED) is 0.0881. The number of amides is 1. The standard InChI is InChI=1S/C47H79NO5/c1-9-10-17-21-40(51)53-38-25-26-44(6)36(43(38,4)5)24-27-46(8)37(44)23-22-34-35-33-42(2,3)28-30-47(35,31-29-45(34,46)7)41(52)48-32-19-16-14-12-11-13-15-18-20-39(49)50/h22,35-38H,9-21,23-33H2,1-8H3,(H,48,52)(H,49,50)/t35-,36-,37+,38-,44-,45+,46+,47-/m0/s1. The number of unbranched alkanes of at least 4 members (excludes halogenated alkanes) is 9. The molecule has 5 rings (SSSR count). The summed E-state index contributed by atoms with van der Waals surface area (Å²) in [6, 6.07) is 0. The van der Waals surface area contributed by atoms with Crippen LogP contribution in [0.4, 0.5) is 0 Å². The summed E-state index contributed by atoms with van der Waals surface area (Å²) in [4.78, 5) is 38.1. The van der Waals surface area contributed by atoms with Gasteiger partial charge in [-0.25, -0.2) is 0 Å². The van der Waals surface area contributed by atoms with Gasteiger partial charge in [-0.3, -0.25) is 14.4 Å². The highest BCUT2D eigenvalue weighted by Crippen LogP contribution is 2.76. The molecule has 0 spiro atoms. The highest BCUT2D eigenvalue weighted by Gasteiger charge is 2.69. The normalized spacial score (nSPS) is 36.9. The predicted molar refractivity (Wildman–Crippen MR) is 215 cm³/mol. The van der Waals surface area contributed by atoms with E-state index in [4.69, 9.17) is 9.84 Å². The van der Waals surface area contributed by atoms with Gasteiger partial charge >= 0.3 is 11.9 Å². The van der Waals surface area contributed by atoms with Crippen LogP contribution in [0.2, 0.25) is 0 Å². The van der Waals surface area contributed by atoms with Crippen molar-refractivity contribution in [3.63, 3.8) is 0 Å². The number of nitrogens with one attached hydrogen (secondary N) is 1. The van der Waals surface area contributed by atoms with Crippen LogP contribution in [0.3, 0.4) is 0 Å². The lowest BCUT2D eigenvalue weighted by Gasteiger charge is -2.71. The van der Waals surface area contributed by atoms with Crippen LogP contribution in [0.1, 0.15) is 203 Å². The molecule has 53 heavy (non-hydrogen) atoms. The van der Waals surface area contributed by atoms with Gasteiger partial charge in [0.2, 0.25) is 5.91 Å². The second kappa shape index (κ2) is 16.7. The first-order valence-electron chi connectivity index (χ1n) is 22.4. The molecular weight excluding hydrogens is 659 g/mol. The molecule has 1 amide bonds. The Bertz CT molecular complexity index is 1330. The Morgan fingerprint density at radius 3 is 2.08 bits per heavy atom. The number of hydrogen-bond donors (Lipinski definition) is 2. The van der Waals surface area contributed by atoms with E-state index in [1.165, 1.54) is 32.1 Å². The summed E-state index contributed by atoms with van der Waals surface area (Å²) in [7, 11) is 0. The van der Waals surface area contributed by atoms with Crippen molar-refractivity contribution in [3.05, 3.63) is 11.6 Å². The summed E-state index contributed by atoms with van der Waals surface area (Å²) in [5.41, 5.74) is 2.00. The first kappa shape index (κ1) is 42.3. The number of carbonyl (C=O) groups excluding carboxylic acids is 2. The third kappa shape index (κ3) is 8.33. The maximum Gasteiger partial charge on any atom is 0.306 e. The summed E-state index contributed by atoms with van der Waals surface area (Å²) in [6.45, 7) is 20.5. The molecule has 0 radical (unpaired) electrons. The van der Waals surface area contributed by atoms with Crippen LogP contribution >= 0.6 is 0 Å². The van der Waals surface area contributed by atoms with Crippen molar-refractivity contribution >= 4 is 17.8 Å². The molecule has 2 N–H and O–H groups in total. The van der Waals surface area contributed by atoms with Crippen LogP contribution in [0.25, 0.3) is 0 Å². The first-order valence-corrected chi connectivity index (χ1v) is 22.4. The molecule has 0 aromatic carbocycles. The van der Waals surface area contributed by atoms with E-state index in [0.29, 0.717) is 30.1 Å². The Morgan fingerprint density at radius 2 is 1.40 bits per heavy atom. The maximum atomic E-state index is 14.5. The topological polar surface area (TPSA) is 92.7 Å². The van der Waals surface area contributed by atoms with Crippen LogP contribution in [-0.4, -0.2) is 35.6 Å². The molecule has 0 aromatic rings. The van der Waals surface area contributed by atoms with E-state index in [9.17, 15) is 14.4 Å². The first-order chi connectivity index (χ1) is 25.0. The Kier molecular flexibility index (Phi) is 13.3. The lowest BCUT2D eigenvalue weighted by molar-refractivity contribution is -0.213. The average Bonchev–Trinajstić information content (AvgIpc) is 3.08. The minimum absolute atomic E-state index is 0.00181. The number of hydrogen-bond acceptors (Lipinski definition) is 4. The van der Waals surface area contributed by atoms with Crippen molar-refractivity contribution in [1.29, 1.82) is 0 Å². The molecule has 0 aromatic heterocycles. The van der Waals surface area contributed by atoms with Crippen LogP contribution in [0.15, 0.2) is 11.6 Å². The predicted octanol–water partition coefficient (Wildman–Crippen LogP) is 12.0. The molecular formula is C47H79NO5. The number of esters is 1. The zero-order valence-corrected chi connectivity index (χ0v) is 35.4. The summed E-state index contributed by atoms with van der Waals surface area (Å²) in [6.07, 6.45) is 26.2. The Balaban J connectivity index is 1.26. The van der Waals surface area contributed by atoms with E-state index in [2.05, 4.69) is 66.8 Å². The molecule has 5 aliphatic rings. The zero-order valence-electron chi connectivity index (χ0n) is 35.4. The number of carboxylic acids is 1. The van der Waals surface area contributed by atoms with Crippen LogP contribution in [-0.2, 0) is 19.1 Å². The van der Waals surface area contributed by atoms with Crippen molar-refractivity contribution in [3.8, 4) is 0 Å². The second-order valence-corrected chi connectivity index (χ2v) is 20.9. The molecule has 0 aliphatic heterocycles. The van der Waals surface area contributed by atoms with Crippen molar-refractivity contribution in [2.45, 2.75) is 209 Å². The summed E-state index contributed by atoms with van der Waals surface area (Å²) in [5.74, 6) is 1.07. The molecule has 8 atom stereocenters. The maximum absolute atomic E-state index is 14.5. The fraction of sp³-hybridized carbons (Fsp3) is 0.894. The van der Waals surface area contributed by atoms with Gasteiger partial charge in [0.15, 0.2) is 0 Å². The van der Waals surface area contributed by atoms with Gasteiger partial charge in [0.1, 0.15) is 6.10 Å². The second-order valence-electron chi connectivity index (χ2n) is 20.9. The molecule has 6 heteroatoms. The van der Waals surface area contributed by atoms with Crippen LogP contribution in [0.5, 0.6) is 0 Å². The van der Waals surface area contributed by atoms with Crippen molar-refractivity contribution < 1.29 is 24.2 Å². The summed E-state index contributed by atoms with van der Waals surface area (Å²) < 4.78 is 6.30. The van der Waals surface area contributed by atoms with Crippen molar-refractivity contribution in [1.82, 2.24) is 5.32 Å². The smallest absolute Gasteiger partial charge is 0.306 e. The van der Waals surface area contributed by atoms with Gasteiger partial charge < -0.3 is 15.2 Å². The van der Waals surface area contributed by atoms with E-state index < -0.39 is 5.97 Å². The number of carboxylic acid groups (broad SMARTS) is 1. The minimum Gasteiger partial charge on any atom is -0.481 e. The molecule has 5 aliphatic carbocycles. The van der Waals surface area contributed by atoms with E-state index in [0.717, 1.165) is 109 Å². The highest BCUT2D eigenvalue weighted by molar-refractivity contribution is 5.84. The van der Waals surface area contributed by atoms with Gasteiger partial charge in [-0.1, -0.05) is 118 Å². The number of allylic oxidation sites excluding steroid dienone is 2. The molecule has 0 saturated heterocycles. The highest BCUT2D eigenvalue weighted by atomic mass is 16.5. The molecule has 4 saturated carbocycles. The lowest BCUT2D eigenvalue weighted by Crippen LogP contribution is -2.65. The number of carbonyl (C=O) groups is 3. The number of fused-ring (bicyclic) bond motifs is 7. The summed E-state index contributed by atoms with van der Waals surface area (Å²) in [5, 5.41) is 12.3. The average molecular weight is 738 g/mol. The van der Waals surface area contributed by atoms with Gasteiger partial charge in [-0.2, -0.15) is 0 Å². The minimum atomic E-state index is -0.690. The Hall–Kier alpha value is -1.85. The third-order valence-corrected chi connectivity index (χ3v) is 16.9. The molecule has 0 unspecified atom stereocenters. The van der Waals surface area contributed by atoms with E-state index >= 15 is 0 Å². The number of rotatable bonds is 17. The van der Waals surface area contributed by atoms with Crippen LogP contribution in [0, 0.1) is 50.2 Å². The molecule has 6 nitrogen and oxygen atoms in total. The third-order valence-electron chi connectivity index (χ3n) is 16.9. The van der Waals surface area contributed by atoms with Crippen molar-refractivity contribution in [2.75, 3.05) is 6.54 Å². The van der Waals surface area contributed by atoms with Gasteiger partial charge in [-0.05, 0) is 123 Å². The number of aliphatic carboxylic acids is 1. The molecule has 0 heterocycles. The Morgan fingerprint density at radius 1 is 0.755 bits per heavy atom. The van der Waals surface area contributed by atoms with Gasteiger partial charge in [0, 0.05) is 24.8 Å². The van der Waals surface area contributed by atoms with E-state index in [1.807, 2.05) is 0 Å². The van der Waals surface area contributed by atoms with Crippen LogP contribution < -0.4 is 5.32 Å². The monoisotopic (exact) mass is 738 g/mol. The number of ether oxygens (including phenoxy) is 1. The summed E-state index contributed by atoms with van der Waals surface area (Å²) >= 11 is 0. The largest absolute Gasteiger partial charge is 0.481 e. The van der Waals surface area contributed by atoms with Crippen molar-refractivity contribution in [2.24, 2.45) is 50.2 Å². The molecule has 4 fully saturated rings. The van der Waals surface area contributed by atoms with E-state index in [1.54, 1.807) is 5.57 Å². The fourth-order valence-corrected chi connectivity index (χ4v) is 13.4. The van der Waals surface area contributed by atoms with Gasteiger partial charge in [0.05, 0.1) is 5.41 Å². The molecule has 302 valence electrons. The fourth-order valence-electron chi connectivity index (χ4n) is 13.4. The SMILES string of the molecule is CCCCCC(=O)O[C@H]1CC[C@]2(C)[C@H]3CC=C4[C@@H]5CC(C)(C)CC[C@]5(C(=O)NCCCCCCCCCCC(=O)O)CC[C@@]4(C)[C@]3(C)CC[C@H]2C1(C)C. The zero-order chi connectivity index (χ0) is 38.7. The van der Waals surface area contributed by atoms with E-state index in [-0.39, 0.29) is 51.0 Å². The Labute approximate surface area is 324 Å². The van der Waals surface area contributed by atoms with Gasteiger partial charge in [-0.15, -0.1) is 0 Å². The molecule has 0 bridgehead atoms.